The van der Waals surface area contributed by atoms with Gasteiger partial charge in [0, 0.05) is 26.7 Å². The van der Waals surface area contributed by atoms with Crippen molar-refractivity contribution in [2.45, 2.75) is 0 Å². The Kier molecular flexibility index (Phi) is 4.99. The molecule has 0 N–H and O–H groups in total. The minimum absolute atomic E-state index is 0.250. The Morgan fingerprint density at radius 1 is 1.07 bits per heavy atom. The lowest BCUT2D eigenvalue weighted by Gasteiger charge is -2.00. The van der Waals surface area contributed by atoms with E-state index in [4.69, 9.17) is 27.6 Å². The molecule has 0 unspecified atom stereocenters. The van der Waals surface area contributed by atoms with Crippen LogP contribution in [0, 0.1) is 0 Å². The first-order chi connectivity index (χ1) is 14.5. The quantitative estimate of drug-likeness (QED) is 0.307. The van der Waals surface area contributed by atoms with Crippen LogP contribution in [0.1, 0.15) is 5.76 Å². The maximum absolute atomic E-state index is 12.8. The van der Waals surface area contributed by atoms with Crippen LogP contribution in [0.3, 0.4) is 0 Å². The normalized spacial score (nSPS) is 12.2. The third-order valence-electron chi connectivity index (χ3n) is 4.39. The van der Waals surface area contributed by atoms with Crippen LogP contribution in [-0.2, 0) is 0 Å². The molecule has 0 saturated heterocycles. The Morgan fingerprint density at radius 2 is 1.90 bits per heavy atom. The molecule has 0 bridgehead atoms. The third-order valence-corrected chi connectivity index (χ3v) is 6.61. The molecule has 5 nitrogen and oxygen atoms in total. The molecular weight excluding hydrogens is 509 g/mol. The number of nitrogens with zero attached hydrogens (tertiary/aromatic N) is 3. The molecule has 3 aromatic heterocycles. The summed E-state index contributed by atoms with van der Waals surface area (Å²) in [4.78, 5) is 17.8. The van der Waals surface area contributed by atoms with Gasteiger partial charge < -0.3 is 4.42 Å². The first-order valence-corrected chi connectivity index (χ1v) is 11.1. The Balaban J connectivity index is 1.54. The molecule has 0 spiro atoms. The van der Waals surface area contributed by atoms with E-state index in [1.165, 1.54) is 15.9 Å². The number of furan rings is 1. The highest BCUT2D eigenvalue weighted by atomic mass is 79.9. The van der Waals surface area contributed by atoms with Crippen LogP contribution in [0.5, 0.6) is 0 Å². The summed E-state index contributed by atoms with van der Waals surface area (Å²) in [5.74, 6) is 1.58. The van der Waals surface area contributed by atoms with Gasteiger partial charge in [0.1, 0.15) is 16.1 Å². The molecule has 30 heavy (non-hydrogen) atoms. The number of hydrogen-bond acceptors (Lipinski definition) is 5. The van der Waals surface area contributed by atoms with Gasteiger partial charge in [0.25, 0.3) is 5.56 Å². The van der Waals surface area contributed by atoms with E-state index >= 15 is 0 Å². The Labute approximate surface area is 192 Å². The number of benzene rings is 2. The number of aromatic nitrogens is 3. The summed E-state index contributed by atoms with van der Waals surface area (Å²) >= 11 is 17.0. The van der Waals surface area contributed by atoms with E-state index in [9.17, 15) is 4.79 Å². The summed E-state index contributed by atoms with van der Waals surface area (Å²) in [6.07, 6.45) is 1.67. The minimum Gasteiger partial charge on any atom is -0.457 e. The highest BCUT2D eigenvalue weighted by Gasteiger charge is 2.14. The van der Waals surface area contributed by atoms with Crippen LogP contribution in [0.2, 0.25) is 10.0 Å². The Morgan fingerprint density at radius 3 is 2.70 bits per heavy atom. The maximum atomic E-state index is 12.8. The maximum Gasteiger partial charge on any atom is 0.291 e. The van der Waals surface area contributed by atoms with Crippen molar-refractivity contribution in [1.82, 2.24) is 14.6 Å². The van der Waals surface area contributed by atoms with E-state index < -0.39 is 0 Å². The van der Waals surface area contributed by atoms with Gasteiger partial charge in [0.2, 0.25) is 4.96 Å². The summed E-state index contributed by atoms with van der Waals surface area (Å²) in [6, 6.07) is 16.3. The van der Waals surface area contributed by atoms with Crippen LogP contribution >= 0.6 is 50.5 Å². The van der Waals surface area contributed by atoms with Crippen molar-refractivity contribution in [3.05, 3.63) is 89.8 Å². The SMILES string of the molecule is O=c1c(=Cc2ccc(-c3cc(Cl)ccc3Cl)o2)sc2nc(-c3ccccc3Br)nn12. The second-order valence-electron chi connectivity index (χ2n) is 6.35. The van der Waals surface area contributed by atoms with Crippen molar-refractivity contribution in [3.63, 3.8) is 0 Å². The lowest BCUT2D eigenvalue weighted by atomic mass is 10.2. The highest BCUT2D eigenvalue weighted by molar-refractivity contribution is 9.10. The second-order valence-corrected chi connectivity index (χ2v) is 9.06. The molecule has 0 fully saturated rings. The molecule has 0 aliphatic heterocycles. The van der Waals surface area contributed by atoms with E-state index in [-0.39, 0.29) is 5.56 Å². The third kappa shape index (κ3) is 3.48. The fourth-order valence-electron chi connectivity index (χ4n) is 2.98. The molecule has 0 aliphatic rings. The van der Waals surface area contributed by atoms with Crippen molar-refractivity contribution in [2.75, 3.05) is 0 Å². The lowest BCUT2D eigenvalue weighted by Crippen LogP contribution is -2.23. The molecule has 9 heteroatoms. The summed E-state index contributed by atoms with van der Waals surface area (Å²) in [7, 11) is 0. The molecule has 5 rings (SSSR count). The number of halogens is 3. The van der Waals surface area contributed by atoms with Crippen LogP contribution in [0.4, 0.5) is 0 Å². The predicted molar refractivity (Wildman–Crippen MR) is 123 cm³/mol. The number of hydrogen-bond donors (Lipinski definition) is 0. The lowest BCUT2D eigenvalue weighted by molar-refractivity contribution is 0.571. The smallest absolute Gasteiger partial charge is 0.291 e. The summed E-state index contributed by atoms with van der Waals surface area (Å²) in [6.45, 7) is 0. The van der Waals surface area contributed by atoms with Gasteiger partial charge in [-0.05, 0) is 42.5 Å². The fraction of sp³-hybridized carbons (Fsp3) is 0. The van der Waals surface area contributed by atoms with E-state index in [0.717, 1.165) is 10.0 Å². The minimum atomic E-state index is -0.250. The Hall–Kier alpha value is -2.45. The molecule has 5 aromatic rings. The Bertz CT molecular complexity index is 1520. The predicted octanol–water partition coefficient (Wildman–Crippen LogP) is 5.70. The zero-order valence-corrected chi connectivity index (χ0v) is 18.9. The van der Waals surface area contributed by atoms with Crippen molar-refractivity contribution >= 4 is 61.5 Å². The highest BCUT2D eigenvalue weighted by Crippen LogP contribution is 2.32. The molecule has 0 aliphatic carbocycles. The standard InChI is InChI=1S/C21H10BrCl2N3O2S/c22-15-4-2-1-3-13(15)19-25-21-27(26-19)20(28)18(30-21)10-12-6-8-17(29-12)14-9-11(23)5-7-16(14)24/h1-10H. The van der Waals surface area contributed by atoms with E-state index in [1.54, 1.807) is 36.4 Å². The molecule has 2 aromatic carbocycles. The molecule has 0 radical (unpaired) electrons. The summed E-state index contributed by atoms with van der Waals surface area (Å²) in [5.41, 5.74) is 1.26. The topological polar surface area (TPSA) is 60.4 Å². The van der Waals surface area contributed by atoms with Crippen LogP contribution in [-0.4, -0.2) is 14.6 Å². The summed E-state index contributed by atoms with van der Waals surface area (Å²) < 4.78 is 8.51. The molecule has 148 valence electrons. The second kappa shape index (κ2) is 7.67. The monoisotopic (exact) mass is 517 g/mol. The van der Waals surface area contributed by atoms with Gasteiger partial charge in [0.05, 0.1) is 5.02 Å². The number of thiazole rings is 1. The van der Waals surface area contributed by atoms with E-state index in [0.29, 0.717) is 42.4 Å². The van der Waals surface area contributed by atoms with Crippen LogP contribution < -0.4 is 10.1 Å². The average Bonchev–Trinajstić information content (AvgIpc) is 3.42. The van der Waals surface area contributed by atoms with Crippen LogP contribution in [0.25, 0.3) is 33.7 Å². The van der Waals surface area contributed by atoms with Gasteiger partial charge in [0.15, 0.2) is 5.82 Å². The van der Waals surface area contributed by atoms with Gasteiger partial charge in [-0.15, -0.1) is 5.10 Å². The molecular formula is C21H10BrCl2N3O2S. The van der Waals surface area contributed by atoms with E-state index in [2.05, 4.69) is 26.0 Å². The van der Waals surface area contributed by atoms with Gasteiger partial charge >= 0.3 is 0 Å². The number of fused-ring (bicyclic) bond motifs is 1. The van der Waals surface area contributed by atoms with Gasteiger partial charge in [-0.1, -0.05) is 62.6 Å². The number of rotatable bonds is 3. The van der Waals surface area contributed by atoms with Gasteiger partial charge in [-0.2, -0.15) is 9.50 Å². The molecule has 0 saturated carbocycles. The van der Waals surface area contributed by atoms with Crippen molar-refractivity contribution < 1.29 is 4.42 Å². The van der Waals surface area contributed by atoms with Crippen molar-refractivity contribution in [3.8, 4) is 22.7 Å². The van der Waals surface area contributed by atoms with Crippen molar-refractivity contribution in [1.29, 1.82) is 0 Å². The molecule has 0 amide bonds. The van der Waals surface area contributed by atoms with E-state index in [1.807, 2.05) is 24.3 Å². The zero-order valence-electron chi connectivity index (χ0n) is 15.0. The van der Waals surface area contributed by atoms with Crippen LogP contribution in [0.15, 0.2) is 68.3 Å². The summed E-state index contributed by atoms with van der Waals surface area (Å²) in [5, 5.41) is 5.46. The molecule has 0 atom stereocenters. The molecule has 3 heterocycles. The first-order valence-electron chi connectivity index (χ1n) is 8.71. The van der Waals surface area contributed by atoms with Crippen molar-refractivity contribution in [2.24, 2.45) is 0 Å². The zero-order chi connectivity index (χ0) is 20.8. The largest absolute Gasteiger partial charge is 0.457 e. The fourth-order valence-corrected chi connectivity index (χ4v) is 4.71. The average molecular weight is 519 g/mol. The van der Waals surface area contributed by atoms with Gasteiger partial charge in [-0.3, -0.25) is 4.79 Å². The first kappa shape index (κ1) is 19.5. The van der Waals surface area contributed by atoms with Gasteiger partial charge in [-0.25, -0.2) is 0 Å².